The van der Waals surface area contributed by atoms with Gasteiger partial charge < -0.3 is 10.2 Å². The highest BCUT2D eigenvalue weighted by Crippen LogP contribution is 2.19. The van der Waals surface area contributed by atoms with Crippen LogP contribution in [-0.4, -0.2) is 46.2 Å². The lowest BCUT2D eigenvalue weighted by atomic mass is 10.1. The largest absolute Gasteiger partial charge is 0.367 e. The fraction of sp³-hybridized carbons (Fsp3) is 0.571. The third kappa shape index (κ3) is 3.23. The second-order valence-corrected chi connectivity index (χ2v) is 5.15. The van der Waals surface area contributed by atoms with Crippen molar-refractivity contribution in [3.05, 3.63) is 24.2 Å². The monoisotopic (exact) mass is 261 g/mol. The first-order valence-corrected chi connectivity index (χ1v) is 6.88. The number of anilines is 1. The highest BCUT2D eigenvalue weighted by atomic mass is 15.2. The minimum Gasteiger partial charge on any atom is -0.367 e. The van der Waals surface area contributed by atoms with Crippen LogP contribution in [0.4, 0.5) is 5.82 Å². The van der Waals surface area contributed by atoms with E-state index in [9.17, 15) is 0 Å². The van der Waals surface area contributed by atoms with Gasteiger partial charge >= 0.3 is 0 Å². The Hall–Kier alpha value is -1.62. The lowest BCUT2D eigenvalue weighted by molar-refractivity contribution is 0.367. The molecule has 2 heterocycles. The van der Waals surface area contributed by atoms with E-state index in [1.54, 1.807) is 6.20 Å². The Morgan fingerprint density at radius 1 is 1.42 bits per heavy atom. The third-order valence-electron chi connectivity index (χ3n) is 3.33. The molecule has 0 radical (unpaired) electrons. The van der Waals surface area contributed by atoms with Crippen molar-refractivity contribution in [1.82, 2.24) is 19.5 Å². The van der Waals surface area contributed by atoms with Crippen LogP contribution in [0.15, 0.2) is 18.5 Å². The molecule has 0 amide bonds. The van der Waals surface area contributed by atoms with Gasteiger partial charge in [0.05, 0.1) is 5.69 Å². The fourth-order valence-corrected chi connectivity index (χ4v) is 1.88. The summed E-state index contributed by atoms with van der Waals surface area (Å²) >= 11 is 0. The molecule has 0 aliphatic carbocycles. The van der Waals surface area contributed by atoms with Gasteiger partial charge in [-0.15, -0.1) is 0 Å². The Labute approximate surface area is 114 Å². The Morgan fingerprint density at radius 3 is 2.89 bits per heavy atom. The van der Waals surface area contributed by atoms with Crippen LogP contribution < -0.4 is 5.32 Å². The SMILES string of the molecule is CCN(C)CCNc1nccn2nc(C(C)C)cc12. The van der Waals surface area contributed by atoms with Crippen molar-refractivity contribution in [2.75, 3.05) is 32.0 Å². The number of nitrogens with zero attached hydrogens (tertiary/aromatic N) is 4. The van der Waals surface area contributed by atoms with E-state index in [0.717, 1.165) is 36.7 Å². The van der Waals surface area contributed by atoms with Gasteiger partial charge in [-0.2, -0.15) is 5.10 Å². The van der Waals surface area contributed by atoms with Crippen molar-refractivity contribution in [2.24, 2.45) is 0 Å². The lowest BCUT2D eigenvalue weighted by Gasteiger charge is -2.14. The molecule has 0 bridgehead atoms. The van der Waals surface area contributed by atoms with Gasteiger partial charge in [-0.25, -0.2) is 9.50 Å². The predicted octanol–water partition coefficient (Wildman–Crippen LogP) is 2.22. The van der Waals surface area contributed by atoms with Crippen LogP contribution in [0.3, 0.4) is 0 Å². The lowest BCUT2D eigenvalue weighted by Crippen LogP contribution is -2.25. The van der Waals surface area contributed by atoms with E-state index in [1.165, 1.54) is 0 Å². The second-order valence-electron chi connectivity index (χ2n) is 5.15. The highest BCUT2D eigenvalue weighted by molar-refractivity contribution is 5.67. The van der Waals surface area contributed by atoms with Gasteiger partial charge in [0.15, 0.2) is 5.82 Å². The molecule has 2 aromatic rings. The zero-order valence-electron chi connectivity index (χ0n) is 12.2. The van der Waals surface area contributed by atoms with Crippen LogP contribution >= 0.6 is 0 Å². The summed E-state index contributed by atoms with van der Waals surface area (Å²) in [6.45, 7) is 9.41. The molecule has 0 aromatic carbocycles. The number of hydrogen-bond donors (Lipinski definition) is 1. The molecule has 0 fully saturated rings. The van der Waals surface area contributed by atoms with Crippen molar-refractivity contribution in [3.63, 3.8) is 0 Å². The second kappa shape index (κ2) is 6.02. The van der Waals surface area contributed by atoms with Crippen LogP contribution in [-0.2, 0) is 0 Å². The fourth-order valence-electron chi connectivity index (χ4n) is 1.88. The molecule has 1 N–H and O–H groups in total. The van der Waals surface area contributed by atoms with Crippen molar-refractivity contribution in [2.45, 2.75) is 26.7 Å². The molecule has 2 aromatic heterocycles. The van der Waals surface area contributed by atoms with Crippen LogP contribution in [0, 0.1) is 0 Å². The molecule has 0 unspecified atom stereocenters. The zero-order chi connectivity index (χ0) is 13.8. The van der Waals surface area contributed by atoms with Crippen molar-refractivity contribution in [1.29, 1.82) is 0 Å². The van der Waals surface area contributed by atoms with Crippen LogP contribution in [0.5, 0.6) is 0 Å². The molecule has 104 valence electrons. The number of aromatic nitrogens is 3. The predicted molar refractivity (Wildman–Crippen MR) is 78.7 cm³/mol. The summed E-state index contributed by atoms with van der Waals surface area (Å²) in [6.07, 6.45) is 3.68. The summed E-state index contributed by atoms with van der Waals surface area (Å²) in [5.74, 6) is 1.34. The third-order valence-corrected chi connectivity index (χ3v) is 3.33. The van der Waals surface area contributed by atoms with Crippen molar-refractivity contribution < 1.29 is 0 Å². The van der Waals surface area contributed by atoms with E-state index in [2.05, 4.69) is 54.2 Å². The Morgan fingerprint density at radius 2 is 2.21 bits per heavy atom. The van der Waals surface area contributed by atoms with Gasteiger partial charge in [0.25, 0.3) is 0 Å². The summed E-state index contributed by atoms with van der Waals surface area (Å²) in [7, 11) is 2.12. The molecule has 0 atom stereocenters. The molecular weight excluding hydrogens is 238 g/mol. The maximum absolute atomic E-state index is 4.56. The minimum absolute atomic E-state index is 0.430. The molecular formula is C14H23N5. The molecule has 0 aliphatic heterocycles. The summed E-state index contributed by atoms with van der Waals surface area (Å²) < 4.78 is 1.90. The standard InChI is InChI=1S/C14H23N5/c1-5-18(4)8-6-15-14-13-10-12(11(2)3)17-19(13)9-7-16-14/h7,9-11H,5-6,8H2,1-4H3,(H,15,16). The molecule has 2 rings (SSSR count). The quantitative estimate of drug-likeness (QED) is 0.866. The normalized spacial score (nSPS) is 11.7. The average molecular weight is 261 g/mol. The summed E-state index contributed by atoms with van der Waals surface area (Å²) in [5, 5.41) is 7.95. The molecule has 0 saturated carbocycles. The molecule has 0 spiro atoms. The van der Waals surface area contributed by atoms with E-state index >= 15 is 0 Å². The molecule has 5 nitrogen and oxygen atoms in total. The summed E-state index contributed by atoms with van der Waals surface area (Å²) in [4.78, 5) is 6.68. The smallest absolute Gasteiger partial charge is 0.152 e. The Kier molecular flexibility index (Phi) is 4.37. The van der Waals surface area contributed by atoms with Gasteiger partial charge in [-0.3, -0.25) is 0 Å². The number of rotatable bonds is 6. The van der Waals surface area contributed by atoms with Gasteiger partial charge in [0.1, 0.15) is 5.52 Å². The number of nitrogens with one attached hydrogen (secondary N) is 1. The van der Waals surface area contributed by atoms with Gasteiger partial charge in [0.2, 0.25) is 0 Å². The topological polar surface area (TPSA) is 45.5 Å². The summed E-state index contributed by atoms with van der Waals surface area (Å²) in [6, 6.07) is 2.11. The maximum atomic E-state index is 4.56. The molecule has 5 heteroatoms. The zero-order valence-corrected chi connectivity index (χ0v) is 12.2. The number of hydrogen-bond acceptors (Lipinski definition) is 4. The minimum atomic E-state index is 0.430. The van der Waals surface area contributed by atoms with E-state index < -0.39 is 0 Å². The average Bonchev–Trinajstić information content (AvgIpc) is 2.83. The van der Waals surface area contributed by atoms with Crippen molar-refractivity contribution in [3.8, 4) is 0 Å². The first kappa shape index (κ1) is 13.8. The van der Waals surface area contributed by atoms with Crippen LogP contribution in [0.1, 0.15) is 32.4 Å². The first-order chi connectivity index (χ1) is 9.11. The van der Waals surface area contributed by atoms with Crippen molar-refractivity contribution >= 4 is 11.3 Å². The van der Waals surface area contributed by atoms with Gasteiger partial charge in [0, 0.05) is 25.5 Å². The van der Waals surface area contributed by atoms with Gasteiger partial charge in [-0.05, 0) is 25.6 Å². The van der Waals surface area contributed by atoms with Crippen LogP contribution in [0.2, 0.25) is 0 Å². The van der Waals surface area contributed by atoms with Crippen LogP contribution in [0.25, 0.3) is 5.52 Å². The molecule has 19 heavy (non-hydrogen) atoms. The Bertz CT molecular complexity index is 532. The first-order valence-electron chi connectivity index (χ1n) is 6.88. The maximum Gasteiger partial charge on any atom is 0.152 e. The Balaban J connectivity index is 2.14. The summed E-state index contributed by atoms with van der Waals surface area (Å²) in [5.41, 5.74) is 2.15. The van der Waals surface area contributed by atoms with E-state index in [0.29, 0.717) is 5.92 Å². The highest BCUT2D eigenvalue weighted by Gasteiger charge is 2.09. The molecule has 0 aliphatic rings. The van der Waals surface area contributed by atoms with E-state index in [1.807, 2.05) is 10.7 Å². The number of fused-ring (bicyclic) bond motifs is 1. The molecule has 0 saturated heterocycles. The van der Waals surface area contributed by atoms with E-state index in [4.69, 9.17) is 0 Å². The number of likely N-dealkylation sites (N-methyl/N-ethyl adjacent to an activating group) is 1. The van der Waals surface area contributed by atoms with E-state index in [-0.39, 0.29) is 0 Å². The van der Waals surface area contributed by atoms with Gasteiger partial charge in [-0.1, -0.05) is 20.8 Å².